The maximum absolute atomic E-state index is 12.9. The van der Waals surface area contributed by atoms with Gasteiger partial charge in [-0.2, -0.15) is 0 Å². The molecule has 0 fully saturated rings. The van der Waals surface area contributed by atoms with Crippen molar-refractivity contribution >= 4 is 27.0 Å². The number of para-hydroxylation sites is 1. The van der Waals surface area contributed by atoms with E-state index in [1.807, 2.05) is 57.5 Å². The fraction of sp³-hybridized carbons (Fsp3) is 0.278. The molecule has 0 spiro atoms. The molecule has 0 aliphatic heterocycles. The molecule has 0 aliphatic carbocycles. The van der Waals surface area contributed by atoms with Crippen molar-refractivity contribution < 1.29 is 8.42 Å². The zero-order chi connectivity index (χ0) is 18.4. The van der Waals surface area contributed by atoms with Crippen LogP contribution in [0.3, 0.4) is 0 Å². The third-order valence-corrected chi connectivity index (χ3v) is 6.99. The first-order valence-corrected chi connectivity index (χ1v) is 10.2. The molecule has 1 aromatic carbocycles. The standard InChI is InChI=1S/C18H21N3O2S2/c1-11-8-6-7-9-15(11)20-25(22,23)17-10-16(21(5)13(17)3)18-19-12(2)14(4)24-18/h6-10,20H,1-5H3. The minimum atomic E-state index is -3.67. The highest BCUT2D eigenvalue weighted by Crippen LogP contribution is 2.32. The molecule has 0 saturated heterocycles. The average molecular weight is 376 g/mol. The minimum Gasteiger partial charge on any atom is -0.345 e. The van der Waals surface area contributed by atoms with Gasteiger partial charge in [0.2, 0.25) is 0 Å². The number of anilines is 1. The van der Waals surface area contributed by atoms with E-state index in [2.05, 4.69) is 9.71 Å². The van der Waals surface area contributed by atoms with Crippen molar-refractivity contribution in [2.75, 3.05) is 4.72 Å². The first-order chi connectivity index (χ1) is 11.7. The topological polar surface area (TPSA) is 64.0 Å². The highest BCUT2D eigenvalue weighted by atomic mass is 32.2. The van der Waals surface area contributed by atoms with Gasteiger partial charge in [0.15, 0.2) is 0 Å². The fourth-order valence-electron chi connectivity index (χ4n) is 2.62. The Morgan fingerprint density at radius 1 is 1.12 bits per heavy atom. The Morgan fingerprint density at radius 2 is 1.80 bits per heavy atom. The summed E-state index contributed by atoms with van der Waals surface area (Å²) in [5.74, 6) is 0. The molecule has 0 atom stereocenters. The van der Waals surface area contributed by atoms with Crippen LogP contribution >= 0.6 is 11.3 Å². The van der Waals surface area contributed by atoms with E-state index in [1.165, 1.54) is 0 Å². The number of nitrogens with one attached hydrogen (secondary N) is 1. The van der Waals surface area contributed by atoms with Crippen LogP contribution in [0.1, 0.15) is 21.8 Å². The molecule has 3 rings (SSSR count). The van der Waals surface area contributed by atoms with Crippen LogP contribution in [0.4, 0.5) is 5.69 Å². The number of hydrogen-bond donors (Lipinski definition) is 1. The summed E-state index contributed by atoms with van der Waals surface area (Å²) in [6.07, 6.45) is 0. The molecule has 7 heteroatoms. The van der Waals surface area contributed by atoms with E-state index in [4.69, 9.17) is 0 Å². The third kappa shape index (κ3) is 3.21. The number of nitrogens with zero attached hydrogens (tertiary/aromatic N) is 2. The van der Waals surface area contributed by atoms with Gasteiger partial charge in [-0.3, -0.25) is 4.72 Å². The van der Waals surface area contributed by atoms with Crippen LogP contribution in [-0.2, 0) is 17.1 Å². The Labute approximate surface area is 152 Å². The minimum absolute atomic E-state index is 0.277. The summed E-state index contributed by atoms with van der Waals surface area (Å²) in [5, 5.41) is 0.831. The Hall–Kier alpha value is -2.12. The Bertz CT molecular complexity index is 1030. The van der Waals surface area contributed by atoms with Crippen molar-refractivity contribution in [3.8, 4) is 10.7 Å². The maximum Gasteiger partial charge on any atom is 0.263 e. The van der Waals surface area contributed by atoms with Crippen molar-refractivity contribution in [3.05, 3.63) is 52.2 Å². The molecule has 132 valence electrons. The van der Waals surface area contributed by atoms with Crippen LogP contribution in [0.25, 0.3) is 10.7 Å². The Balaban J connectivity index is 2.05. The van der Waals surface area contributed by atoms with Gasteiger partial charge in [0, 0.05) is 17.6 Å². The predicted octanol–water partition coefficient (Wildman–Crippen LogP) is 4.18. The number of thiazole rings is 1. The summed E-state index contributed by atoms with van der Waals surface area (Å²) in [5.41, 5.74) is 3.94. The van der Waals surface area contributed by atoms with Crippen LogP contribution < -0.4 is 4.72 Å². The SMILES string of the molecule is Cc1ccccc1NS(=O)(=O)c1cc(-c2nc(C)c(C)s2)n(C)c1C. The summed E-state index contributed by atoms with van der Waals surface area (Å²) in [7, 11) is -1.81. The van der Waals surface area contributed by atoms with Crippen molar-refractivity contribution in [1.29, 1.82) is 0 Å². The molecule has 3 aromatic rings. The zero-order valence-corrected chi connectivity index (χ0v) is 16.5. The molecule has 0 saturated carbocycles. The molecule has 25 heavy (non-hydrogen) atoms. The first kappa shape index (κ1) is 17.7. The molecule has 0 unspecified atom stereocenters. The number of aromatic nitrogens is 2. The highest BCUT2D eigenvalue weighted by Gasteiger charge is 2.24. The van der Waals surface area contributed by atoms with E-state index in [1.54, 1.807) is 23.5 Å². The third-order valence-electron chi connectivity index (χ3n) is 4.42. The van der Waals surface area contributed by atoms with Gasteiger partial charge in [-0.25, -0.2) is 13.4 Å². The van der Waals surface area contributed by atoms with Crippen LogP contribution in [0, 0.1) is 27.7 Å². The van der Waals surface area contributed by atoms with Crippen LogP contribution in [0.2, 0.25) is 0 Å². The number of aryl methyl sites for hydroxylation is 3. The van der Waals surface area contributed by atoms with E-state index in [0.717, 1.165) is 26.8 Å². The largest absolute Gasteiger partial charge is 0.345 e. The van der Waals surface area contributed by atoms with Gasteiger partial charge in [-0.05, 0) is 45.4 Å². The Kier molecular flexibility index (Phi) is 4.47. The molecule has 2 heterocycles. The van der Waals surface area contributed by atoms with Gasteiger partial charge in [0.25, 0.3) is 10.0 Å². The van der Waals surface area contributed by atoms with E-state index >= 15 is 0 Å². The second kappa shape index (κ2) is 6.31. The molecule has 2 aromatic heterocycles. The van der Waals surface area contributed by atoms with Gasteiger partial charge >= 0.3 is 0 Å². The van der Waals surface area contributed by atoms with Gasteiger partial charge in [0.05, 0.1) is 17.1 Å². The highest BCUT2D eigenvalue weighted by molar-refractivity contribution is 7.92. The molecular weight excluding hydrogens is 354 g/mol. The molecular formula is C18H21N3O2S2. The summed E-state index contributed by atoms with van der Waals surface area (Å²) in [6.45, 7) is 7.66. The van der Waals surface area contributed by atoms with Gasteiger partial charge in [0.1, 0.15) is 9.90 Å². The van der Waals surface area contributed by atoms with Crippen molar-refractivity contribution in [1.82, 2.24) is 9.55 Å². The number of benzene rings is 1. The summed E-state index contributed by atoms with van der Waals surface area (Å²) in [4.78, 5) is 5.97. The fourth-order valence-corrected chi connectivity index (χ4v) is 5.01. The molecule has 0 bridgehead atoms. The lowest BCUT2D eigenvalue weighted by molar-refractivity contribution is 0.600. The van der Waals surface area contributed by atoms with E-state index in [-0.39, 0.29) is 4.90 Å². The van der Waals surface area contributed by atoms with Gasteiger partial charge in [-0.15, -0.1) is 11.3 Å². The second-order valence-corrected chi connectivity index (χ2v) is 8.97. The normalized spacial score (nSPS) is 11.7. The van der Waals surface area contributed by atoms with E-state index in [9.17, 15) is 8.42 Å². The zero-order valence-electron chi connectivity index (χ0n) is 14.9. The summed E-state index contributed by atoms with van der Waals surface area (Å²) in [6, 6.07) is 9.04. The van der Waals surface area contributed by atoms with Gasteiger partial charge in [-0.1, -0.05) is 18.2 Å². The summed E-state index contributed by atoms with van der Waals surface area (Å²) < 4.78 is 30.4. The quantitative estimate of drug-likeness (QED) is 0.744. The molecule has 0 aliphatic rings. The lowest BCUT2D eigenvalue weighted by atomic mass is 10.2. The van der Waals surface area contributed by atoms with Crippen molar-refractivity contribution in [3.63, 3.8) is 0 Å². The van der Waals surface area contributed by atoms with Crippen molar-refractivity contribution in [2.24, 2.45) is 7.05 Å². The van der Waals surface area contributed by atoms with Crippen molar-refractivity contribution in [2.45, 2.75) is 32.6 Å². The summed E-state index contributed by atoms with van der Waals surface area (Å²) >= 11 is 1.57. The van der Waals surface area contributed by atoms with Crippen LogP contribution in [-0.4, -0.2) is 18.0 Å². The predicted molar refractivity (Wildman–Crippen MR) is 103 cm³/mol. The maximum atomic E-state index is 12.9. The molecule has 0 radical (unpaired) electrons. The molecule has 5 nitrogen and oxygen atoms in total. The van der Waals surface area contributed by atoms with Crippen LogP contribution in [0.15, 0.2) is 35.2 Å². The number of rotatable bonds is 4. The van der Waals surface area contributed by atoms with E-state index < -0.39 is 10.0 Å². The monoisotopic (exact) mass is 375 g/mol. The number of sulfonamides is 1. The Morgan fingerprint density at radius 3 is 2.40 bits per heavy atom. The molecule has 0 amide bonds. The van der Waals surface area contributed by atoms with E-state index in [0.29, 0.717) is 11.4 Å². The second-order valence-electron chi connectivity index (χ2n) is 6.12. The molecule has 1 N–H and O–H groups in total. The van der Waals surface area contributed by atoms with Crippen LogP contribution in [0.5, 0.6) is 0 Å². The number of hydrogen-bond acceptors (Lipinski definition) is 4. The lowest BCUT2D eigenvalue weighted by Gasteiger charge is -2.10. The first-order valence-electron chi connectivity index (χ1n) is 7.90. The lowest BCUT2D eigenvalue weighted by Crippen LogP contribution is -2.14. The van der Waals surface area contributed by atoms with Gasteiger partial charge < -0.3 is 4.57 Å². The smallest absolute Gasteiger partial charge is 0.263 e. The average Bonchev–Trinajstić information content (AvgIpc) is 3.03.